The van der Waals surface area contributed by atoms with Crippen molar-refractivity contribution in [3.63, 3.8) is 0 Å². The van der Waals surface area contributed by atoms with E-state index in [0.717, 1.165) is 33.7 Å². The second-order valence-electron chi connectivity index (χ2n) is 11.1. The molecule has 1 aromatic heterocycles. The van der Waals surface area contributed by atoms with E-state index in [9.17, 15) is 4.79 Å². The first-order chi connectivity index (χ1) is 18.6. The minimum absolute atomic E-state index is 0.116. The van der Waals surface area contributed by atoms with Crippen molar-refractivity contribution >= 4 is 17.5 Å². The summed E-state index contributed by atoms with van der Waals surface area (Å²) in [5, 5.41) is 18.4. The van der Waals surface area contributed by atoms with Crippen molar-refractivity contribution in [3.8, 4) is 5.75 Å². The van der Waals surface area contributed by atoms with Gasteiger partial charge in [0.2, 0.25) is 5.95 Å². The molecule has 200 valence electrons. The summed E-state index contributed by atoms with van der Waals surface area (Å²) in [5.41, 5.74) is 7.54. The lowest BCUT2D eigenvalue weighted by Gasteiger charge is -2.28. The van der Waals surface area contributed by atoms with Crippen molar-refractivity contribution in [1.29, 1.82) is 0 Å². The van der Waals surface area contributed by atoms with E-state index in [-0.39, 0.29) is 11.3 Å². The first-order valence-electron chi connectivity index (χ1n) is 13.1. The van der Waals surface area contributed by atoms with Crippen LogP contribution in [-0.2, 0) is 16.8 Å². The van der Waals surface area contributed by atoms with Crippen LogP contribution < -0.4 is 15.4 Å². The Balaban J connectivity index is 1.37. The zero-order chi connectivity index (χ0) is 27.7. The quantitative estimate of drug-likeness (QED) is 0.318. The Morgan fingerprint density at radius 3 is 2.38 bits per heavy atom. The van der Waals surface area contributed by atoms with Gasteiger partial charge in [0, 0.05) is 11.4 Å². The van der Waals surface area contributed by atoms with Crippen molar-refractivity contribution < 1.29 is 9.53 Å². The molecule has 1 unspecified atom stereocenters. The van der Waals surface area contributed by atoms with Gasteiger partial charge in [0.15, 0.2) is 0 Å². The van der Waals surface area contributed by atoms with E-state index in [1.807, 2.05) is 63.2 Å². The van der Waals surface area contributed by atoms with Crippen molar-refractivity contribution in [2.45, 2.75) is 59.6 Å². The number of hydrogen-bond acceptors (Lipinski definition) is 6. The fourth-order valence-corrected chi connectivity index (χ4v) is 4.77. The van der Waals surface area contributed by atoms with Gasteiger partial charge in [-0.25, -0.2) is 0 Å². The molecular formula is C31H34N6O2. The number of aryl methyl sites for hydroxylation is 2. The van der Waals surface area contributed by atoms with Gasteiger partial charge in [0.25, 0.3) is 5.91 Å². The van der Waals surface area contributed by atoms with Crippen LogP contribution in [0.5, 0.6) is 5.75 Å². The van der Waals surface area contributed by atoms with Crippen LogP contribution in [0.1, 0.15) is 61.6 Å². The molecule has 0 spiro atoms. The average molecular weight is 523 g/mol. The van der Waals surface area contributed by atoms with Gasteiger partial charge in [-0.15, -0.1) is 0 Å². The second kappa shape index (κ2) is 10.4. The summed E-state index contributed by atoms with van der Waals surface area (Å²) in [5.74, 6) is 1.02. The van der Waals surface area contributed by atoms with Crippen LogP contribution in [0.25, 0.3) is 0 Å². The number of fused-ring (bicyclic) bond motifs is 1. The summed E-state index contributed by atoms with van der Waals surface area (Å²) in [4.78, 5) is 13.6. The van der Waals surface area contributed by atoms with Crippen LogP contribution in [0.2, 0.25) is 0 Å². The van der Waals surface area contributed by atoms with E-state index in [2.05, 4.69) is 71.2 Å². The average Bonchev–Trinajstić information content (AvgIpc) is 3.36. The maximum atomic E-state index is 13.6. The molecule has 0 aliphatic carbocycles. The molecule has 8 heteroatoms. The Morgan fingerprint density at radius 2 is 1.72 bits per heavy atom. The van der Waals surface area contributed by atoms with E-state index in [4.69, 9.17) is 4.74 Å². The van der Waals surface area contributed by atoms with Crippen molar-refractivity contribution in [2.75, 3.05) is 10.6 Å². The summed E-state index contributed by atoms with van der Waals surface area (Å²) in [6.45, 7) is 13.0. The first-order valence-corrected chi connectivity index (χ1v) is 13.1. The Hall–Kier alpha value is -4.46. The molecule has 5 rings (SSSR count). The summed E-state index contributed by atoms with van der Waals surface area (Å²) < 4.78 is 7.70. The number of tetrazole rings is 1. The van der Waals surface area contributed by atoms with Gasteiger partial charge in [0.05, 0.1) is 5.57 Å². The van der Waals surface area contributed by atoms with E-state index in [1.54, 1.807) is 4.68 Å². The molecule has 3 aromatic carbocycles. The molecule has 2 heterocycles. The van der Waals surface area contributed by atoms with Gasteiger partial charge in [-0.1, -0.05) is 80.0 Å². The van der Waals surface area contributed by atoms with Gasteiger partial charge in [0.1, 0.15) is 18.4 Å². The number of aromatic nitrogens is 4. The zero-order valence-corrected chi connectivity index (χ0v) is 23.2. The molecule has 0 fully saturated rings. The molecule has 1 amide bonds. The highest BCUT2D eigenvalue weighted by Crippen LogP contribution is 2.36. The Bertz CT molecular complexity index is 1530. The summed E-state index contributed by atoms with van der Waals surface area (Å²) in [6, 6.07) is 21.7. The minimum atomic E-state index is -0.499. The van der Waals surface area contributed by atoms with Gasteiger partial charge >= 0.3 is 0 Å². The minimum Gasteiger partial charge on any atom is -0.489 e. The Kier molecular flexibility index (Phi) is 6.95. The molecular weight excluding hydrogens is 488 g/mol. The SMILES string of the molecule is CC1=C(C(=O)Nc2ccc(C)cc2C)C(c2ccc(OCc3ccc(C(C)(C)C)cc3)cc2)n2nnnc2N1. The zero-order valence-electron chi connectivity index (χ0n) is 23.2. The van der Waals surface area contributed by atoms with Crippen molar-refractivity contribution in [2.24, 2.45) is 0 Å². The summed E-state index contributed by atoms with van der Waals surface area (Å²) >= 11 is 0. The number of carbonyl (C=O) groups is 1. The predicted molar refractivity (Wildman–Crippen MR) is 153 cm³/mol. The number of benzene rings is 3. The molecule has 0 saturated heterocycles. The highest BCUT2D eigenvalue weighted by Gasteiger charge is 2.34. The predicted octanol–water partition coefficient (Wildman–Crippen LogP) is 6.09. The third-order valence-electron chi connectivity index (χ3n) is 7.01. The highest BCUT2D eigenvalue weighted by molar-refractivity contribution is 6.06. The monoisotopic (exact) mass is 522 g/mol. The molecule has 8 nitrogen and oxygen atoms in total. The number of allylic oxidation sites excluding steroid dienone is 1. The lowest BCUT2D eigenvalue weighted by atomic mass is 9.87. The molecule has 2 N–H and O–H groups in total. The highest BCUT2D eigenvalue weighted by atomic mass is 16.5. The number of ether oxygens (including phenoxy) is 1. The molecule has 1 atom stereocenters. The van der Waals surface area contributed by atoms with E-state index in [0.29, 0.717) is 23.8 Å². The lowest BCUT2D eigenvalue weighted by molar-refractivity contribution is -0.113. The number of rotatable bonds is 6. The van der Waals surface area contributed by atoms with Crippen LogP contribution in [-0.4, -0.2) is 26.1 Å². The molecule has 0 bridgehead atoms. The molecule has 1 aliphatic rings. The third kappa shape index (κ3) is 5.55. The van der Waals surface area contributed by atoms with E-state index in [1.165, 1.54) is 5.56 Å². The van der Waals surface area contributed by atoms with Crippen LogP contribution in [0, 0.1) is 13.8 Å². The smallest absolute Gasteiger partial charge is 0.255 e. The van der Waals surface area contributed by atoms with Crippen LogP contribution in [0.4, 0.5) is 11.6 Å². The summed E-state index contributed by atoms with van der Waals surface area (Å²) in [7, 11) is 0. The first kappa shape index (κ1) is 26.2. The Morgan fingerprint density at radius 1 is 1.00 bits per heavy atom. The maximum Gasteiger partial charge on any atom is 0.255 e. The topological polar surface area (TPSA) is 94.0 Å². The van der Waals surface area contributed by atoms with Crippen molar-refractivity contribution in [3.05, 3.63) is 106 Å². The largest absolute Gasteiger partial charge is 0.489 e. The van der Waals surface area contributed by atoms with Crippen LogP contribution >= 0.6 is 0 Å². The summed E-state index contributed by atoms with van der Waals surface area (Å²) in [6.07, 6.45) is 0. The molecule has 4 aromatic rings. The number of nitrogens with zero attached hydrogens (tertiary/aromatic N) is 4. The maximum absolute atomic E-state index is 13.6. The van der Waals surface area contributed by atoms with Crippen LogP contribution in [0.3, 0.4) is 0 Å². The third-order valence-corrected chi connectivity index (χ3v) is 7.01. The van der Waals surface area contributed by atoms with Gasteiger partial charge < -0.3 is 15.4 Å². The second-order valence-corrected chi connectivity index (χ2v) is 11.1. The van der Waals surface area contributed by atoms with E-state index < -0.39 is 6.04 Å². The lowest BCUT2D eigenvalue weighted by Crippen LogP contribution is -2.31. The molecule has 39 heavy (non-hydrogen) atoms. The number of hydrogen-bond donors (Lipinski definition) is 2. The van der Waals surface area contributed by atoms with Gasteiger partial charge in [-0.05, 0) is 77.1 Å². The number of anilines is 2. The molecule has 0 radical (unpaired) electrons. The normalized spacial score (nSPS) is 15.0. The van der Waals surface area contributed by atoms with Crippen LogP contribution in [0.15, 0.2) is 78.0 Å². The Labute approximate surface area is 229 Å². The van der Waals surface area contributed by atoms with Crippen molar-refractivity contribution in [1.82, 2.24) is 20.2 Å². The fraction of sp³-hybridized carbons (Fsp3) is 0.290. The molecule has 1 aliphatic heterocycles. The molecule has 0 saturated carbocycles. The number of carbonyl (C=O) groups excluding carboxylic acids is 1. The number of amides is 1. The number of nitrogens with one attached hydrogen (secondary N) is 2. The van der Waals surface area contributed by atoms with E-state index >= 15 is 0 Å². The van der Waals surface area contributed by atoms with Gasteiger partial charge in [-0.3, -0.25) is 4.79 Å². The standard InChI is InChI=1S/C31H34N6O2/c1-19-7-16-26(20(2)17-19)33-29(38)27-21(3)32-30-34-35-36-37(30)28(27)23-10-14-25(15-11-23)39-18-22-8-12-24(13-9-22)31(4,5)6/h7-17,28H,18H2,1-6H3,(H,33,38)(H,32,34,36). The fourth-order valence-electron chi connectivity index (χ4n) is 4.77. The van der Waals surface area contributed by atoms with Gasteiger partial charge in [-0.2, -0.15) is 4.68 Å².